The van der Waals surface area contributed by atoms with Gasteiger partial charge in [0.25, 0.3) is 0 Å². The minimum absolute atomic E-state index is 0.0198. The van der Waals surface area contributed by atoms with Crippen molar-refractivity contribution >= 4 is 33.1 Å². The molecular weight excluding hydrogens is 342 g/mol. The molecule has 0 bridgehead atoms. The van der Waals surface area contributed by atoms with Crippen LogP contribution in [-0.4, -0.2) is 15.9 Å². The molecule has 0 spiro atoms. The van der Waals surface area contributed by atoms with Gasteiger partial charge in [-0.05, 0) is 34.9 Å². The number of rotatable bonds is 5. The lowest BCUT2D eigenvalue weighted by Crippen LogP contribution is -2.12. The van der Waals surface area contributed by atoms with E-state index in [-0.39, 0.29) is 5.91 Å². The number of amides is 1. The largest absolute Gasteiger partial charge is 0.302 e. The maximum Gasteiger partial charge on any atom is 0.226 e. The summed E-state index contributed by atoms with van der Waals surface area (Å²) < 4.78 is 0. The number of hydrogen-bond acceptors (Lipinski definition) is 4. The first-order valence-electron chi connectivity index (χ1n) is 8.42. The Bertz CT molecular complexity index is 1040. The fourth-order valence-electron chi connectivity index (χ4n) is 2.93. The van der Waals surface area contributed by atoms with Gasteiger partial charge in [-0.2, -0.15) is 0 Å². The fourth-order valence-corrected chi connectivity index (χ4v) is 3.66. The Balaban J connectivity index is 1.41. The van der Waals surface area contributed by atoms with E-state index in [1.807, 2.05) is 35.7 Å². The second-order valence-electron chi connectivity index (χ2n) is 5.96. The number of hydrogen-bond donors (Lipinski definition) is 1. The van der Waals surface area contributed by atoms with E-state index >= 15 is 0 Å². The quantitative estimate of drug-likeness (QED) is 0.550. The van der Waals surface area contributed by atoms with Gasteiger partial charge >= 0.3 is 0 Å². The Morgan fingerprint density at radius 3 is 2.69 bits per heavy atom. The van der Waals surface area contributed by atoms with Crippen LogP contribution in [-0.2, 0) is 11.2 Å². The number of aromatic nitrogens is 2. The van der Waals surface area contributed by atoms with Crippen LogP contribution < -0.4 is 5.32 Å². The average molecular weight is 359 g/mol. The molecule has 4 rings (SSSR count). The second-order valence-corrected chi connectivity index (χ2v) is 6.82. The average Bonchev–Trinajstić information content (AvgIpc) is 3.15. The first-order valence-corrected chi connectivity index (χ1v) is 9.30. The zero-order valence-electron chi connectivity index (χ0n) is 14.1. The Hall–Kier alpha value is -3.05. The maximum absolute atomic E-state index is 12.3. The van der Waals surface area contributed by atoms with E-state index in [4.69, 9.17) is 0 Å². The molecule has 0 radical (unpaired) electrons. The van der Waals surface area contributed by atoms with Crippen LogP contribution in [0.1, 0.15) is 12.0 Å². The zero-order chi connectivity index (χ0) is 17.8. The highest BCUT2D eigenvalue weighted by atomic mass is 32.1. The van der Waals surface area contributed by atoms with E-state index < -0.39 is 0 Å². The molecule has 0 atom stereocenters. The molecule has 0 aliphatic rings. The first kappa shape index (κ1) is 16.4. The highest BCUT2D eigenvalue weighted by Crippen LogP contribution is 2.25. The summed E-state index contributed by atoms with van der Waals surface area (Å²) in [4.78, 5) is 20.8. The van der Waals surface area contributed by atoms with Crippen LogP contribution in [0.4, 0.5) is 5.13 Å². The van der Waals surface area contributed by atoms with Gasteiger partial charge < -0.3 is 5.32 Å². The van der Waals surface area contributed by atoms with E-state index in [1.165, 1.54) is 27.7 Å². The Morgan fingerprint density at radius 1 is 1.00 bits per heavy atom. The molecule has 0 aliphatic heterocycles. The van der Waals surface area contributed by atoms with Crippen LogP contribution in [0.5, 0.6) is 0 Å². The molecule has 4 aromatic rings. The van der Waals surface area contributed by atoms with Gasteiger partial charge in [-0.1, -0.05) is 42.5 Å². The summed E-state index contributed by atoms with van der Waals surface area (Å²) in [6.45, 7) is 0. The van der Waals surface area contributed by atoms with Crippen molar-refractivity contribution in [3.05, 3.63) is 77.9 Å². The molecule has 0 unspecified atom stereocenters. The van der Waals surface area contributed by atoms with E-state index in [1.54, 1.807) is 12.4 Å². The lowest BCUT2D eigenvalue weighted by molar-refractivity contribution is -0.116. The monoisotopic (exact) mass is 359 g/mol. The molecule has 0 saturated heterocycles. The van der Waals surface area contributed by atoms with Crippen LogP contribution in [0.25, 0.3) is 22.0 Å². The number of carbonyl (C=O) groups excluding carboxylic acids is 1. The standard InChI is InChI=1S/C21H17N3OS/c25-20(9-8-16-6-3-5-15-4-1-2-7-18(15)16)24-21-23-19(14-26-21)17-10-12-22-13-11-17/h1-7,10-14H,8-9H2,(H,23,24,25). The maximum atomic E-state index is 12.3. The number of fused-ring (bicyclic) bond motifs is 1. The summed E-state index contributed by atoms with van der Waals surface area (Å²) in [7, 11) is 0. The van der Waals surface area contributed by atoms with Crippen molar-refractivity contribution in [3.63, 3.8) is 0 Å². The van der Waals surface area contributed by atoms with E-state index in [9.17, 15) is 4.79 Å². The van der Waals surface area contributed by atoms with Gasteiger partial charge in [0.05, 0.1) is 5.69 Å². The lowest BCUT2D eigenvalue weighted by atomic mass is 10.0. The molecule has 2 aromatic heterocycles. The molecule has 26 heavy (non-hydrogen) atoms. The third kappa shape index (κ3) is 3.63. The van der Waals surface area contributed by atoms with E-state index in [0.717, 1.165) is 11.3 Å². The molecule has 1 amide bonds. The van der Waals surface area contributed by atoms with Crippen molar-refractivity contribution < 1.29 is 4.79 Å². The molecule has 0 saturated carbocycles. The van der Waals surface area contributed by atoms with Crippen molar-refractivity contribution in [1.82, 2.24) is 9.97 Å². The summed E-state index contributed by atoms with van der Waals surface area (Å²) in [6.07, 6.45) is 4.60. The van der Waals surface area contributed by atoms with Gasteiger partial charge in [0.1, 0.15) is 0 Å². The van der Waals surface area contributed by atoms with E-state index in [2.05, 4.69) is 39.6 Å². The normalized spacial score (nSPS) is 10.8. The van der Waals surface area contributed by atoms with Crippen LogP contribution in [0.2, 0.25) is 0 Å². The molecular formula is C21H17N3OS. The van der Waals surface area contributed by atoms with Gasteiger partial charge in [0, 0.05) is 29.8 Å². The van der Waals surface area contributed by atoms with Crippen LogP contribution in [0.15, 0.2) is 72.4 Å². The molecule has 128 valence electrons. The van der Waals surface area contributed by atoms with Crippen molar-refractivity contribution in [2.75, 3.05) is 5.32 Å². The smallest absolute Gasteiger partial charge is 0.226 e. The van der Waals surface area contributed by atoms with Crippen LogP contribution in [0.3, 0.4) is 0 Å². The predicted molar refractivity (Wildman–Crippen MR) is 106 cm³/mol. The number of benzene rings is 2. The summed E-state index contributed by atoms with van der Waals surface area (Å²) >= 11 is 1.43. The Kier molecular flexibility index (Phi) is 4.71. The minimum atomic E-state index is -0.0198. The van der Waals surface area contributed by atoms with Gasteiger partial charge in [0.15, 0.2) is 5.13 Å². The third-order valence-electron chi connectivity index (χ3n) is 4.23. The summed E-state index contributed by atoms with van der Waals surface area (Å²) in [5, 5.41) is 7.87. The van der Waals surface area contributed by atoms with Gasteiger partial charge in [-0.3, -0.25) is 9.78 Å². The second kappa shape index (κ2) is 7.45. The van der Waals surface area contributed by atoms with Crippen LogP contribution in [0, 0.1) is 0 Å². The number of nitrogens with one attached hydrogen (secondary N) is 1. The fraction of sp³-hybridized carbons (Fsp3) is 0.0952. The minimum Gasteiger partial charge on any atom is -0.302 e. The third-order valence-corrected chi connectivity index (χ3v) is 4.99. The number of thiazole rings is 1. The highest BCUT2D eigenvalue weighted by molar-refractivity contribution is 7.14. The lowest BCUT2D eigenvalue weighted by Gasteiger charge is -2.06. The molecule has 1 N–H and O–H groups in total. The first-order chi connectivity index (χ1) is 12.8. The summed E-state index contributed by atoms with van der Waals surface area (Å²) in [6, 6.07) is 18.3. The number of carbonyl (C=O) groups is 1. The van der Waals surface area contributed by atoms with Crippen molar-refractivity contribution in [1.29, 1.82) is 0 Å². The molecule has 2 aromatic carbocycles. The van der Waals surface area contributed by atoms with E-state index in [0.29, 0.717) is 18.0 Å². The topological polar surface area (TPSA) is 54.9 Å². The SMILES string of the molecule is O=C(CCc1cccc2ccccc12)Nc1nc(-c2ccncc2)cs1. The number of aryl methyl sites for hydroxylation is 1. The highest BCUT2D eigenvalue weighted by Gasteiger charge is 2.09. The molecule has 4 nitrogen and oxygen atoms in total. The van der Waals surface area contributed by atoms with Crippen molar-refractivity contribution in [2.24, 2.45) is 0 Å². The van der Waals surface area contributed by atoms with Gasteiger partial charge in [-0.15, -0.1) is 11.3 Å². The molecule has 0 fully saturated rings. The molecule has 2 heterocycles. The van der Waals surface area contributed by atoms with Gasteiger partial charge in [-0.25, -0.2) is 4.98 Å². The summed E-state index contributed by atoms with van der Waals surface area (Å²) in [5.74, 6) is -0.0198. The van der Waals surface area contributed by atoms with Crippen molar-refractivity contribution in [3.8, 4) is 11.3 Å². The molecule has 5 heteroatoms. The van der Waals surface area contributed by atoms with Crippen molar-refractivity contribution in [2.45, 2.75) is 12.8 Å². The Labute approximate surface area is 155 Å². The number of anilines is 1. The predicted octanol–water partition coefficient (Wildman–Crippen LogP) is 4.93. The summed E-state index contributed by atoms with van der Waals surface area (Å²) in [5.41, 5.74) is 3.03. The van der Waals surface area contributed by atoms with Crippen LogP contribution >= 0.6 is 11.3 Å². The number of pyridine rings is 1. The Morgan fingerprint density at radius 2 is 1.81 bits per heavy atom. The molecule has 0 aliphatic carbocycles. The number of nitrogens with zero attached hydrogens (tertiary/aromatic N) is 2. The zero-order valence-corrected chi connectivity index (χ0v) is 14.9. The van der Waals surface area contributed by atoms with Gasteiger partial charge in [0.2, 0.25) is 5.91 Å².